The zero-order valence-electron chi connectivity index (χ0n) is 13.9. The van der Waals surface area contributed by atoms with E-state index in [-0.39, 0.29) is 23.8 Å². The molecule has 3 aromatic rings. The topological polar surface area (TPSA) is 64.0 Å². The summed E-state index contributed by atoms with van der Waals surface area (Å²) in [5.74, 6) is -0.738. The molecule has 0 aliphatic rings. The molecule has 0 saturated carbocycles. The number of halogens is 2. The Morgan fingerprint density at radius 3 is 2.58 bits per heavy atom. The van der Waals surface area contributed by atoms with Crippen LogP contribution in [0.25, 0.3) is 11.3 Å². The maximum atomic E-state index is 13.0. The predicted octanol–water partition coefficient (Wildman–Crippen LogP) is 3.65. The summed E-state index contributed by atoms with van der Waals surface area (Å²) >= 11 is 6.03. The number of aromatic nitrogens is 2. The molecule has 0 aliphatic heterocycles. The van der Waals surface area contributed by atoms with E-state index >= 15 is 0 Å². The predicted molar refractivity (Wildman–Crippen MR) is 98.7 cm³/mol. The maximum Gasteiger partial charge on any atom is 0.254 e. The van der Waals surface area contributed by atoms with Crippen molar-refractivity contribution in [2.45, 2.75) is 13.5 Å². The van der Waals surface area contributed by atoms with Gasteiger partial charge in [0.1, 0.15) is 12.4 Å². The molecule has 0 unspecified atom stereocenters. The smallest absolute Gasteiger partial charge is 0.254 e. The Morgan fingerprint density at radius 2 is 1.92 bits per heavy atom. The van der Waals surface area contributed by atoms with Crippen LogP contribution in [0.1, 0.15) is 5.56 Å². The van der Waals surface area contributed by atoms with Gasteiger partial charge in [-0.1, -0.05) is 17.7 Å². The minimum atomic E-state index is -0.378. The molecule has 26 heavy (non-hydrogen) atoms. The molecule has 7 heteroatoms. The molecule has 0 aliphatic carbocycles. The Bertz CT molecular complexity index is 1020. The standard InChI is InChI=1S/C19H15ClFN3O2/c1-12-2-7-15(8-16(12)20)23-18(25)10-24-11-22-17(9-19(24)26)13-3-5-14(21)6-4-13/h2-9,11H,10H2,1H3,(H,23,25). The second-order valence-electron chi connectivity index (χ2n) is 5.76. The summed E-state index contributed by atoms with van der Waals surface area (Å²) in [6, 6.07) is 12.1. The van der Waals surface area contributed by atoms with Gasteiger partial charge < -0.3 is 5.32 Å². The highest BCUT2D eigenvalue weighted by Crippen LogP contribution is 2.20. The molecule has 2 aromatic carbocycles. The Balaban J connectivity index is 1.73. The van der Waals surface area contributed by atoms with Gasteiger partial charge in [-0.2, -0.15) is 0 Å². The molecule has 0 radical (unpaired) electrons. The summed E-state index contributed by atoms with van der Waals surface area (Å²) < 4.78 is 14.2. The minimum absolute atomic E-state index is 0.180. The van der Waals surface area contributed by atoms with Crippen molar-refractivity contribution in [1.29, 1.82) is 0 Å². The molecule has 1 N–H and O–H groups in total. The summed E-state index contributed by atoms with van der Waals surface area (Å²) in [7, 11) is 0. The monoisotopic (exact) mass is 371 g/mol. The summed E-state index contributed by atoms with van der Waals surface area (Å²) in [5, 5.41) is 3.23. The molecule has 1 amide bonds. The summed E-state index contributed by atoms with van der Waals surface area (Å²) in [4.78, 5) is 28.5. The second kappa shape index (κ2) is 7.49. The van der Waals surface area contributed by atoms with Gasteiger partial charge >= 0.3 is 0 Å². The molecule has 132 valence electrons. The van der Waals surface area contributed by atoms with E-state index in [9.17, 15) is 14.0 Å². The number of hydrogen-bond donors (Lipinski definition) is 1. The van der Waals surface area contributed by atoms with Gasteiger partial charge in [-0.05, 0) is 48.9 Å². The summed E-state index contributed by atoms with van der Waals surface area (Å²) in [6.07, 6.45) is 1.29. The first-order valence-corrected chi connectivity index (χ1v) is 8.18. The number of benzene rings is 2. The highest BCUT2D eigenvalue weighted by molar-refractivity contribution is 6.31. The van der Waals surface area contributed by atoms with Crippen LogP contribution in [-0.4, -0.2) is 15.5 Å². The molecular formula is C19H15ClFN3O2. The highest BCUT2D eigenvalue weighted by atomic mass is 35.5. The van der Waals surface area contributed by atoms with Crippen LogP contribution < -0.4 is 10.9 Å². The molecule has 0 spiro atoms. The van der Waals surface area contributed by atoms with E-state index in [0.29, 0.717) is 22.0 Å². The SMILES string of the molecule is Cc1ccc(NC(=O)Cn2cnc(-c3ccc(F)cc3)cc2=O)cc1Cl. The fraction of sp³-hybridized carbons (Fsp3) is 0.105. The first-order valence-electron chi connectivity index (χ1n) is 7.81. The normalized spacial score (nSPS) is 10.6. The van der Waals surface area contributed by atoms with E-state index in [4.69, 9.17) is 11.6 Å². The number of nitrogens with one attached hydrogen (secondary N) is 1. The van der Waals surface area contributed by atoms with Crippen molar-refractivity contribution < 1.29 is 9.18 Å². The molecular weight excluding hydrogens is 357 g/mol. The van der Waals surface area contributed by atoms with Gasteiger partial charge in [-0.25, -0.2) is 9.37 Å². The lowest BCUT2D eigenvalue weighted by Crippen LogP contribution is -2.27. The number of amides is 1. The zero-order chi connectivity index (χ0) is 18.7. The quantitative estimate of drug-likeness (QED) is 0.761. The molecule has 5 nitrogen and oxygen atoms in total. The van der Waals surface area contributed by atoms with Crippen molar-refractivity contribution in [2.75, 3.05) is 5.32 Å². The van der Waals surface area contributed by atoms with Crippen molar-refractivity contribution in [1.82, 2.24) is 9.55 Å². The fourth-order valence-corrected chi connectivity index (χ4v) is 2.53. The number of hydrogen-bond acceptors (Lipinski definition) is 3. The largest absolute Gasteiger partial charge is 0.324 e. The van der Waals surface area contributed by atoms with Crippen molar-refractivity contribution >= 4 is 23.2 Å². The van der Waals surface area contributed by atoms with Crippen LogP contribution in [0.2, 0.25) is 5.02 Å². The van der Waals surface area contributed by atoms with Crippen molar-refractivity contribution in [3.05, 3.63) is 81.6 Å². The zero-order valence-corrected chi connectivity index (χ0v) is 14.6. The highest BCUT2D eigenvalue weighted by Gasteiger charge is 2.08. The van der Waals surface area contributed by atoms with Crippen LogP contribution in [-0.2, 0) is 11.3 Å². The fourth-order valence-electron chi connectivity index (χ4n) is 2.35. The molecule has 0 atom stereocenters. The Hall–Kier alpha value is -2.99. The van der Waals surface area contributed by atoms with Gasteiger partial charge in [-0.3, -0.25) is 14.2 Å². The lowest BCUT2D eigenvalue weighted by Gasteiger charge is -2.09. The van der Waals surface area contributed by atoms with E-state index in [1.54, 1.807) is 18.2 Å². The van der Waals surface area contributed by atoms with Gasteiger partial charge in [0.15, 0.2) is 0 Å². The number of carbonyl (C=O) groups excluding carboxylic acids is 1. The third kappa shape index (κ3) is 4.15. The molecule has 3 rings (SSSR count). The number of anilines is 1. The molecule has 0 saturated heterocycles. The van der Waals surface area contributed by atoms with Crippen molar-refractivity contribution in [3.63, 3.8) is 0 Å². The second-order valence-corrected chi connectivity index (χ2v) is 6.17. The van der Waals surface area contributed by atoms with E-state index in [1.807, 2.05) is 6.92 Å². The van der Waals surface area contributed by atoms with Gasteiger partial charge in [0.2, 0.25) is 5.91 Å². The van der Waals surface area contributed by atoms with Crippen molar-refractivity contribution in [2.24, 2.45) is 0 Å². The number of carbonyl (C=O) groups is 1. The van der Waals surface area contributed by atoms with Crippen LogP contribution in [0.4, 0.5) is 10.1 Å². The summed E-state index contributed by atoms with van der Waals surface area (Å²) in [6.45, 7) is 1.68. The average Bonchev–Trinajstić information content (AvgIpc) is 2.60. The Morgan fingerprint density at radius 1 is 1.19 bits per heavy atom. The van der Waals surface area contributed by atoms with Gasteiger partial charge in [0, 0.05) is 22.3 Å². The Kier molecular flexibility index (Phi) is 5.14. The van der Waals surface area contributed by atoms with E-state index in [2.05, 4.69) is 10.3 Å². The third-order valence-electron chi connectivity index (χ3n) is 3.79. The molecule has 1 aromatic heterocycles. The number of nitrogens with zero attached hydrogens (tertiary/aromatic N) is 2. The van der Waals surface area contributed by atoms with Crippen molar-refractivity contribution in [3.8, 4) is 11.3 Å². The van der Waals surface area contributed by atoms with Gasteiger partial charge in [-0.15, -0.1) is 0 Å². The van der Waals surface area contributed by atoms with E-state index < -0.39 is 0 Å². The van der Waals surface area contributed by atoms with Crippen LogP contribution in [0.15, 0.2) is 59.7 Å². The van der Waals surface area contributed by atoms with Gasteiger partial charge in [0.05, 0.1) is 12.0 Å². The average molecular weight is 372 g/mol. The Labute approximate surface area is 154 Å². The van der Waals surface area contributed by atoms with Crippen LogP contribution in [0.5, 0.6) is 0 Å². The lowest BCUT2D eigenvalue weighted by molar-refractivity contribution is -0.116. The minimum Gasteiger partial charge on any atom is -0.324 e. The lowest BCUT2D eigenvalue weighted by atomic mass is 10.1. The maximum absolute atomic E-state index is 13.0. The third-order valence-corrected chi connectivity index (χ3v) is 4.20. The molecule has 1 heterocycles. The number of rotatable bonds is 4. The number of aryl methyl sites for hydroxylation is 1. The van der Waals surface area contributed by atoms with E-state index in [0.717, 1.165) is 5.56 Å². The van der Waals surface area contributed by atoms with Crippen LogP contribution in [0.3, 0.4) is 0 Å². The van der Waals surface area contributed by atoms with Gasteiger partial charge in [0.25, 0.3) is 5.56 Å². The molecule has 0 fully saturated rings. The first-order chi connectivity index (χ1) is 12.4. The summed E-state index contributed by atoms with van der Waals surface area (Å²) in [5.41, 5.74) is 2.11. The van der Waals surface area contributed by atoms with E-state index in [1.165, 1.54) is 41.2 Å². The molecule has 0 bridgehead atoms. The first kappa shape index (κ1) is 17.8. The van der Waals surface area contributed by atoms with Crippen LogP contribution >= 0.6 is 11.6 Å². The van der Waals surface area contributed by atoms with Crippen LogP contribution in [0, 0.1) is 12.7 Å².